The number of ether oxygens (including phenoxy) is 1. The Bertz CT molecular complexity index is 962. The van der Waals surface area contributed by atoms with Gasteiger partial charge in [-0.25, -0.2) is 4.98 Å². The van der Waals surface area contributed by atoms with E-state index in [-0.39, 0.29) is 6.10 Å². The number of pyridine rings is 2. The van der Waals surface area contributed by atoms with Crippen molar-refractivity contribution in [3.63, 3.8) is 0 Å². The summed E-state index contributed by atoms with van der Waals surface area (Å²) >= 11 is 0. The van der Waals surface area contributed by atoms with Crippen molar-refractivity contribution < 1.29 is 4.74 Å². The van der Waals surface area contributed by atoms with Crippen LogP contribution in [-0.4, -0.2) is 42.3 Å². The van der Waals surface area contributed by atoms with E-state index in [9.17, 15) is 0 Å². The van der Waals surface area contributed by atoms with Gasteiger partial charge in [0.05, 0.1) is 17.4 Å². The van der Waals surface area contributed by atoms with E-state index in [2.05, 4.69) is 50.5 Å². The summed E-state index contributed by atoms with van der Waals surface area (Å²) in [7, 11) is 0. The number of anilines is 1. The molecule has 0 amide bonds. The highest BCUT2D eigenvalue weighted by Gasteiger charge is 2.25. The van der Waals surface area contributed by atoms with E-state index in [0.717, 1.165) is 63.3 Å². The van der Waals surface area contributed by atoms with Gasteiger partial charge in [0.2, 0.25) is 5.88 Å². The molecule has 0 aliphatic carbocycles. The van der Waals surface area contributed by atoms with Crippen LogP contribution in [0.25, 0.3) is 10.9 Å². The Balaban J connectivity index is 1.24. The first-order chi connectivity index (χ1) is 14.4. The smallest absolute Gasteiger partial charge is 0.217 e. The maximum absolute atomic E-state index is 6.42. The van der Waals surface area contributed by atoms with E-state index in [0.29, 0.717) is 5.92 Å². The molecule has 2 fully saturated rings. The lowest BCUT2D eigenvalue weighted by Crippen LogP contribution is -2.38. The average molecular weight is 389 g/mol. The van der Waals surface area contributed by atoms with Crippen molar-refractivity contribution in [2.75, 3.05) is 31.1 Å². The number of nitrogens with one attached hydrogen (secondary N) is 1. The van der Waals surface area contributed by atoms with Gasteiger partial charge in [-0.15, -0.1) is 0 Å². The number of benzene rings is 1. The van der Waals surface area contributed by atoms with E-state index < -0.39 is 0 Å². The summed E-state index contributed by atoms with van der Waals surface area (Å²) in [6.45, 7) is 4.13. The van der Waals surface area contributed by atoms with Crippen LogP contribution < -0.4 is 15.0 Å². The molecule has 5 rings (SSSR count). The fourth-order valence-corrected chi connectivity index (χ4v) is 4.57. The Labute approximate surface area is 172 Å². The number of rotatable bonds is 4. The molecule has 0 spiro atoms. The lowest BCUT2D eigenvalue weighted by molar-refractivity contribution is 0.161. The molecule has 0 bridgehead atoms. The second-order valence-corrected chi connectivity index (χ2v) is 8.11. The molecule has 150 valence electrons. The van der Waals surface area contributed by atoms with E-state index in [1.165, 1.54) is 16.6 Å². The predicted molar refractivity (Wildman–Crippen MR) is 117 cm³/mol. The molecule has 2 saturated heterocycles. The molecule has 0 atom stereocenters. The largest absolute Gasteiger partial charge is 0.474 e. The van der Waals surface area contributed by atoms with E-state index >= 15 is 0 Å². The SMILES string of the molecule is c1cnc(OC2CCN(c3cnc4ccccc4c3)CC2)c(C2CCNCC2)c1. The summed E-state index contributed by atoms with van der Waals surface area (Å²) in [4.78, 5) is 11.6. The van der Waals surface area contributed by atoms with Crippen molar-refractivity contribution in [1.29, 1.82) is 0 Å². The van der Waals surface area contributed by atoms with Gasteiger partial charge in [0.15, 0.2) is 0 Å². The molecule has 0 radical (unpaired) electrons. The van der Waals surface area contributed by atoms with Gasteiger partial charge in [0.25, 0.3) is 0 Å². The van der Waals surface area contributed by atoms with Crippen molar-refractivity contribution in [1.82, 2.24) is 15.3 Å². The molecule has 0 saturated carbocycles. The predicted octanol–water partition coefficient (Wildman–Crippen LogP) is 4.14. The Morgan fingerprint density at radius 1 is 0.931 bits per heavy atom. The molecule has 3 aromatic rings. The van der Waals surface area contributed by atoms with Crippen molar-refractivity contribution in [2.45, 2.75) is 37.7 Å². The van der Waals surface area contributed by atoms with Gasteiger partial charge in [0.1, 0.15) is 6.10 Å². The molecular formula is C24H28N4O. The van der Waals surface area contributed by atoms with Gasteiger partial charge in [-0.2, -0.15) is 0 Å². The number of hydrogen-bond donors (Lipinski definition) is 1. The summed E-state index contributed by atoms with van der Waals surface area (Å²) in [5, 5.41) is 4.64. The highest BCUT2D eigenvalue weighted by Crippen LogP contribution is 2.33. The molecule has 5 nitrogen and oxygen atoms in total. The normalized spacial score (nSPS) is 18.8. The zero-order valence-electron chi connectivity index (χ0n) is 16.8. The summed E-state index contributed by atoms with van der Waals surface area (Å²) in [5.41, 5.74) is 3.54. The topological polar surface area (TPSA) is 50.3 Å². The van der Waals surface area contributed by atoms with Gasteiger partial charge in [0, 0.05) is 43.1 Å². The van der Waals surface area contributed by atoms with Crippen LogP contribution in [0, 0.1) is 0 Å². The molecule has 1 N–H and O–H groups in total. The highest BCUT2D eigenvalue weighted by molar-refractivity contribution is 5.81. The first-order valence-corrected chi connectivity index (χ1v) is 10.8. The minimum absolute atomic E-state index is 0.232. The second kappa shape index (κ2) is 8.37. The Kier molecular flexibility index (Phi) is 5.31. The number of nitrogens with zero attached hydrogens (tertiary/aromatic N) is 3. The van der Waals surface area contributed by atoms with Gasteiger partial charge in [-0.1, -0.05) is 24.3 Å². The van der Waals surface area contributed by atoms with Gasteiger partial charge in [-0.05, 0) is 50.0 Å². The number of fused-ring (bicyclic) bond motifs is 1. The first kappa shape index (κ1) is 18.4. The summed E-state index contributed by atoms with van der Waals surface area (Å²) in [6, 6.07) is 14.8. The van der Waals surface area contributed by atoms with Crippen LogP contribution in [0.4, 0.5) is 5.69 Å². The number of hydrogen-bond acceptors (Lipinski definition) is 5. The van der Waals surface area contributed by atoms with Crippen LogP contribution in [-0.2, 0) is 0 Å². The maximum Gasteiger partial charge on any atom is 0.217 e. The molecule has 2 aliphatic rings. The van der Waals surface area contributed by atoms with Crippen LogP contribution in [0.2, 0.25) is 0 Å². The van der Waals surface area contributed by atoms with Crippen LogP contribution in [0.1, 0.15) is 37.2 Å². The monoisotopic (exact) mass is 388 g/mol. The van der Waals surface area contributed by atoms with Crippen LogP contribution in [0.3, 0.4) is 0 Å². The minimum atomic E-state index is 0.232. The second-order valence-electron chi connectivity index (χ2n) is 8.11. The Morgan fingerprint density at radius 2 is 1.76 bits per heavy atom. The van der Waals surface area contributed by atoms with Crippen molar-refractivity contribution in [3.8, 4) is 5.88 Å². The third-order valence-corrected chi connectivity index (χ3v) is 6.24. The Hall–Kier alpha value is -2.66. The zero-order chi connectivity index (χ0) is 19.5. The minimum Gasteiger partial charge on any atom is -0.474 e. The first-order valence-electron chi connectivity index (χ1n) is 10.8. The maximum atomic E-state index is 6.42. The van der Waals surface area contributed by atoms with Crippen molar-refractivity contribution in [3.05, 3.63) is 60.4 Å². The zero-order valence-corrected chi connectivity index (χ0v) is 16.8. The summed E-state index contributed by atoms with van der Waals surface area (Å²) in [6.07, 6.45) is 8.43. The molecule has 2 aliphatic heterocycles. The number of para-hydroxylation sites is 1. The molecule has 5 heteroatoms. The highest BCUT2D eigenvalue weighted by atomic mass is 16.5. The van der Waals surface area contributed by atoms with Gasteiger partial charge >= 0.3 is 0 Å². The molecule has 2 aromatic heterocycles. The molecule has 1 aromatic carbocycles. The molecule has 4 heterocycles. The van der Waals surface area contributed by atoms with Crippen LogP contribution >= 0.6 is 0 Å². The van der Waals surface area contributed by atoms with E-state index in [1.807, 2.05) is 24.5 Å². The summed E-state index contributed by atoms with van der Waals surface area (Å²) in [5.74, 6) is 1.41. The quantitative estimate of drug-likeness (QED) is 0.728. The lowest BCUT2D eigenvalue weighted by Gasteiger charge is -2.34. The van der Waals surface area contributed by atoms with E-state index in [4.69, 9.17) is 4.74 Å². The van der Waals surface area contributed by atoms with Crippen LogP contribution in [0.15, 0.2) is 54.9 Å². The number of piperidine rings is 2. The number of aromatic nitrogens is 2. The molecule has 29 heavy (non-hydrogen) atoms. The fourth-order valence-electron chi connectivity index (χ4n) is 4.57. The fraction of sp³-hybridized carbons (Fsp3) is 0.417. The average Bonchev–Trinajstić information content (AvgIpc) is 2.80. The standard InChI is InChI=1S/C24H28N4O/c1-2-6-23-19(4-1)16-20(17-27-23)28-14-9-21(10-15-28)29-24-22(5-3-11-26-24)18-7-12-25-13-8-18/h1-6,11,16-18,21,25H,7-10,12-15H2. The van der Waals surface area contributed by atoms with Crippen molar-refractivity contribution in [2.24, 2.45) is 0 Å². The summed E-state index contributed by atoms with van der Waals surface area (Å²) < 4.78 is 6.42. The third kappa shape index (κ3) is 4.06. The van der Waals surface area contributed by atoms with E-state index in [1.54, 1.807) is 0 Å². The van der Waals surface area contributed by atoms with Gasteiger partial charge < -0.3 is 15.0 Å². The van der Waals surface area contributed by atoms with Gasteiger partial charge in [-0.3, -0.25) is 4.98 Å². The molecular weight excluding hydrogens is 360 g/mol. The van der Waals surface area contributed by atoms with Crippen LogP contribution in [0.5, 0.6) is 5.88 Å². The molecule has 0 unspecified atom stereocenters. The van der Waals surface area contributed by atoms with Crippen molar-refractivity contribution >= 4 is 16.6 Å². The third-order valence-electron chi connectivity index (χ3n) is 6.24. The Morgan fingerprint density at radius 3 is 2.62 bits per heavy atom. The lowest BCUT2D eigenvalue weighted by atomic mass is 9.91.